The van der Waals surface area contributed by atoms with Gasteiger partial charge < -0.3 is 15.4 Å². The van der Waals surface area contributed by atoms with E-state index in [2.05, 4.69) is 37.5 Å². The van der Waals surface area contributed by atoms with E-state index in [1.54, 1.807) is 18.6 Å². The van der Waals surface area contributed by atoms with E-state index >= 15 is 0 Å². The normalized spacial score (nSPS) is 14.8. The zero-order valence-electron chi connectivity index (χ0n) is 27.4. The fourth-order valence-electron chi connectivity index (χ4n) is 5.10. The number of ether oxygens (including phenoxy) is 1. The fraction of sp³-hybridized carbons (Fsp3) is 0.361. The van der Waals surface area contributed by atoms with Crippen LogP contribution in [0, 0.1) is 12.3 Å². The predicted molar refractivity (Wildman–Crippen MR) is 180 cm³/mol. The third-order valence-corrected chi connectivity index (χ3v) is 8.83. The molecule has 2 aromatic heterocycles. The number of piperazine rings is 1. The summed E-state index contributed by atoms with van der Waals surface area (Å²) in [5.74, 6) is 0.154. The number of amides is 1. The van der Waals surface area contributed by atoms with E-state index in [9.17, 15) is 9.59 Å². The number of pyridine rings is 1. The van der Waals surface area contributed by atoms with Crippen molar-refractivity contribution in [3.8, 4) is 11.3 Å². The summed E-state index contributed by atoms with van der Waals surface area (Å²) in [6.45, 7) is 12.7. The number of quaternary nitrogens is 1. The van der Waals surface area contributed by atoms with E-state index in [4.69, 9.17) is 4.74 Å². The predicted octanol–water partition coefficient (Wildman–Crippen LogP) is 6.04. The molecule has 10 nitrogen and oxygen atoms in total. The molecule has 0 aliphatic carbocycles. The lowest BCUT2D eigenvalue weighted by Crippen LogP contribution is -2.58. The summed E-state index contributed by atoms with van der Waals surface area (Å²) in [4.78, 5) is 41.1. The number of hydrogen-bond donors (Lipinski definition) is 2. The molecule has 0 unspecified atom stereocenters. The zero-order chi connectivity index (χ0) is 32.7. The highest BCUT2D eigenvalue weighted by molar-refractivity contribution is 6.04. The number of nitrogens with one attached hydrogen (secondary N) is 2. The summed E-state index contributed by atoms with van der Waals surface area (Å²) in [5, 5.41) is 6.30. The number of carbonyl (C=O) groups excluding carboxylic acids is 2. The molecule has 1 fully saturated rings. The molecule has 1 aliphatic heterocycles. The van der Waals surface area contributed by atoms with Crippen molar-refractivity contribution < 1.29 is 18.8 Å². The molecule has 0 bridgehead atoms. The smallest absolute Gasteiger partial charge is 0.315 e. The van der Waals surface area contributed by atoms with Crippen LogP contribution < -0.4 is 10.6 Å². The molecule has 1 amide bonds. The van der Waals surface area contributed by atoms with E-state index in [1.165, 1.54) is 0 Å². The number of benzene rings is 2. The minimum absolute atomic E-state index is 0.127. The summed E-state index contributed by atoms with van der Waals surface area (Å²) in [5.41, 5.74) is 5.43. The minimum Gasteiger partial charge on any atom is -0.415 e. The molecule has 240 valence electrons. The maximum Gasteiger partial charge on any atom is 0.315 e. The Morgan fingerprint density at radius 2 is 1.78 bits per heavy atom. The Morgan fingerprint density at radius 3 is 2.48 bits per heavy atom. The van der Waals surface area contributed by atoms with Crippen molar-refractivity contribution in [2.75, 3.05) is 50.6 Å². The van der Waals surface area contributed by atoms with Crippen LogP contribution in [0.4, 0.5) is 17.3 Å². The number of hydrogen-bond acceptors (Lipinski definition) is 8. The highest BCUT2D eigenvalue weighted by Gasteiger charge is 2.33. The van der Waals surface area contributed by atoms with E-state index < -0.39 is 5.41 Å². The monoisotopic (exact) mass is 622 g/mol. The third kappa shape index (κ3) is 8.32. The van der Waals surface area contributed by atoms with Crippen molar-refractivity contribution in [1.82, 2.24) is 19.9 Å². The number of rotatable bonds is 11. The number of aryl methyl sites for hydroxylation is 1. The molecule has 1 saturated heterocycles. The maximum atomic E-state index is 13.1. The number of nitrogens with zero attached hydrogens (tertiary/aromatic N) is 5. The van der Waals surface area contributed by atoms with Gasteiger partial charge in [0.2, 0.25) is 12.7 Å². The van der Waals surface area contributed by atoms with Gasteiger partial charge >= 0.3 is 5.97 Å². The van der Waals surface area contributed by atoms with Gasteiger partial charge in [0.05, 0.1) is 31.2 Å². The Bertz CT molecular complexity index is 1650. The molecular weight excluding hydrogens is 578 g/mol. The standard InChI is InChI=1S/C36H43N7O3/c1-6-36(3,4)34(45)46-25-43(5)20-18-42(19-21-43)24-27-10-12-28(13-11-27)33(44)39-30-14-9-26(2)32(22-30)41-35-38-17-15-31(40-35)29-8-7-16-37-23-29/h7-17,22-23H,6,18-21,24-25H2,1-5H3,(H-,38,39,40,41,44)/p+1. The van der Waals surface area contributed by atoms with Gasteiger partial charge in [0, 0.05) is 60.7 Å². The molecule has 46 heavy (non-hydrogen) atoms. The molecule has 3 heterocycles. The quantitative estimate of drug-likeness (QED) is 0.154. The van der Waals surface area contributed by atoms with Crippen molar-refractivity contribution in [2.45, 2.75) is 40.7 Å². The molecule has 4 aromatic rings. The summed E-state index contributed by atoms with van der Waals surface area (Å²) >= 11 is 0. The highest BCUT2D eigenvalue weighted by atomic mass is 16.5. The fourth-order valence-corrected chi connectivity index (χ4v) is 5.10. The number of anilines is 3. The molecule has 0 saturated carbocycles. The Hall–Kier alpha value is -4.67. The molecule has 2 N–H and O–H groups in total. The van der Waals surface area contributed by atoms with Crippen molar-refractivity contribution in [3.05, 3.63) is 95.9 Å². The van der Waals surface area contributed by atoms with Gasteiger partial charge in [-0.3, -0.25) is 24.0 Å². The van der Waals surface area contributed by atoms with Gasteiger partial charge in [0.1, 0.15) is 0 Å². The van der Waals surface area contributed by atoms with Crippen LogP contribution in [0.3, 0.4) is 0 Å². The number of likely N-dealkylation sites (N-methyl/N-ethyl adjacent to an activating group) is 1. The molecule has 10 heteroatoms. The van der Waals surface area contributed by atoms with Crippen LogP contribution >= 0.6 is 0 Å². The van der Waals surface area contributed by atoms with Crippen LogP contribution in [0.1, 0.15) is 48.7 Å². The summed E-state index contributed by atoms with van der Waals surface area (Å²) in [6.07, 6.45) is 5.95. The molecule has 5 rings (SSSR count). The van der Waals surface area contributed by atoms with Gasteiger partial charge in [-0.1, -0.05) is 25.1 Å². The minimum atomic E-state index is -0.450. The lowest BCUT2D eigenvalue weighted by molar-refractivity contribution is -0.929. The first kappa shape index (κ1) is 32.7. The number of carbonyl (C=O) groups is 2. The summed E-state index contributed by atoms with van der Waals surface area (Å²) < 4.78 is 6.42. The molecular formula is C36H44N7O3+. The van der Waals surface area contributed by atoms with E-state index in [1.807, 2.05) is 88.4 Å². The average Bonchev–Trinajstić information content (AvgIpc) is 3.07. The van der Waals surface area contributed by atoms with Gasteiger partial charge in [-0.15, -0.1) is 0 Å². The lowest BCUT2D eigenvalue weighted by Gasteiger charge is -2.41. The van der Waals surface area contributed by atoms with Crippen LogP contribution in [-0.4, -0.2) is 76.2 Å². The van der Waals surface area contributed by atoms with Gasteiger partial charge in [0.15, 0.2) is 0 Å². The molecule has 0 atom stereocenters. The SMILES string of the molecule is CCC(C)(C)C(=O)OC[N+]1(C)CCN(Cc2ccc(C(=O)Nc3ccc(C)c(Nc4nccc(-c5cccnc5)n4)c3)cc2)CC1. The van der Waals surface area contributed by atoms with E-state index in [-0.39, 0.29) is 11.9 Å². The first-order valence-corrected chi connectivity index (χ1v) is 15.8. The topological polar surface area (TPSA) is 109 Å². The molecule has 2 aromatic carbocycles. The summed E-state index contributed by atoms with van der Waals surface area (Å²) in [6, 6.07) is 19.1. The Labute approximate surface area is 271 Å². The maximum absolute atomic E-state index is 13.1. The summed E-state index contributed by atoms with van der Waals surface area (Å²) in [7, 11) is 2.15. The van der Waals surface area contributed by atoms with Crippen LogP contribution in [0.25, 0.3) is 11.3 Å². The van der Waals surface area contributed by atoms with Gasteiger partial charge in [-0.25, -0.2) is 9.97 Å². The zero-order valence-corrected chi connectivity index (χ0v) is 27.4. The lowest BCUT2D eigenvalue weighted by atomic mass is 9.91. The van der Waals surface area contributed by atoms with Crippen molar-refractivity contribution in [3.63, 3.8) is 0 Å². The van der Waals surface area contributed by atoms with Crippen molar-refractivity contribution in [1.29, 1.82) is 0 Å². The van der Waals surface area contributed by atoms with Gasteiger partial charge in [0.25, 0.3) is 5.91 Å². The Morgan fingerprint density at radius 1 is 1.02 bits per heavy atom. The second-order valence-corrected chi connectivity index (χ2v) is 13.0. The second kappa shape index (κ2) is 14.2. The van der Waals surface area contributed by atoms with Gasteiger partial charge in [-0.2, -0.15) is 0 Å². The average molecular weight is 623 g/mol. The number of esters is 1. The van der Waals surface area contributed by atoms with Crippen LogP contribution in [0.2, 0.25) is 0 Å². The Kier molecular flexibility index (Phi) is 10.1. The van der Waals surface area contributed by atoms with Crippen molar-refractivity contribution in [2.24, 2.45) is 5.41 Å². The molecule has 0 radical (unpaired) electrons. The van der Waals surface area contributed by atoms with Crippen LogP contribution in [0.15, 0.2) is 79.3 Å². The van der Waals surface area contributed by atoms with E-state index in [0.29, 0.717) is 23.9 Å². The first-order chi connectivity index (χ1) is 22.0. The molecule has 1 aliphatic rings. The Balaban J connectivity index is 1.13. The second-order valence-electron chi connectivity index (χ2n) is 13.0. The van der Waals surface area contributed by atoms with Crippen molar-refractivity contribution >= 4 is 29.2 Å². The van der Waals surface area contributed by atoms with Gasteiger partial charge in [-0.05, 0) is 80.8 Å². The highest BCUT2D eigenvalue weighted by Crippen LogP contribution is 2.25. The van der Waals surface area contributed by atoms with E-state index in [0.717, 1.165) is 71.7 Å². The largest absolute Gasteiger partial charge is 0.415 e. The first-order valence-electron chi connectivity index (χ1n) is 15.8. The number of aromatic nitrogens is 3. The van der Waals surface area contributed by atoms with Crippen LogP contribution in [-0.2, 0) is 16.1 Å². The van der Waals surface area contributed by atoms with Crippen LogP contribution in [0.5, 0.6) is 0 Å². The molecule has 0 spiro atoms. The third-order valence-electron chi connectivity index (χ3n) is 8.83.